The molecule has 14 nitrogen and oxygen atoms in total. The highest BCUT2D eigenvalue weighted by Crippen LogP contribution is 2.34. The molecule has 0 radical (unpaired) electrons. The van der Waals surface area contributed by atoms with Crippen LogP contribution in [-0.4, -0.2) is 128 Å². The lowest BCUT2D eigenvalue weighted by atomic mass is 9.96. The number of likely N-dealkylation sites (tertiary alicyclic amines) is 1. The first kappa shape index (κ1) is 45.3. The first-order chi connectivity index (χ1) is 31.6. The van der Waals surface area contributed by atoms with E-state index in [-0.39, 0.29) is 5.91 Å². The number of allylic oxidation sites excluding steroid dienone is 1. The van der Waals surface area contributed by atoms with Crippen molar-refractivity contribution in [2.24, 2.45) is 5.92 Å². The number of anilines is 1. The van der Waals surface area contributed by atoms with E-state index in [1.54, 1.807) is 18.2 Å². The highest BCUT2D eigenvalue weighted by Gasteiger charge is 2.44. The number of ether oxygens (including phenoxy) is 3. The van der Waals surface area contributed by atoms with Gasteiger partial charge in [-0.25, -0.2) is 0 Å². The molecule has 3 aromatic carbocycles. The molecule has 1 atom stereocenters. The summed E-state index contributed by atoms with van der Waals surface area (Å²) in [6, 6.07) is 24.6. The summed E-state index contributed by atoms with van der Waals surface area (Å²) in [5.41, 5.74) is 8.40. The highest BCUT2D eigenvalue weighted by atomic mass is 16.5. The van der Waals surface area contributed by atoms with Gasteiger partial charge in [0.2, 0.25) is 5.91 Å². The average molecular weight is 879 g/mol. The van der Waals surface area contributed by atoms with E-state index in [4.69, 9.17) is 14.2 Å². The van der Waals surface area contributed by atoms with Crippen molar-refractivity contribution in [3.8, 4) is 29.0 Å². The monoisotopic (exact) mass is 878 g/mol. The second-order valence-electron chi connectivity index (χ2n) is 17.5. The molecule has 4 aliphatic heterocycles. The maximum Gasteiger partial charge on any atom is 0.262 e. The zero-order chi connectivity index (χ0) is 45.5. The van der Waals surface area contributed by atoms with Crippen molar-refractivity contribution in [1.82, 2.24) is 24.6 Å². The highest BCUT2D eigenvalue weighted by molar-refractivity contribution is 6.23. The van der Waals surface area contributed by atoms with Gasteiger partial charge >= 0.3 is 0 Å². The van der Waals surface area contributed by atoms with Crippen LogP contribution in [0.4, 0.5) is 5.69 Å². The number of carbonyl (C=O) groups excluding carboxylic acids is 3. The molecule has 0 spiro atoms. The second kappa shape index (κ2) is 20.7. The van der Waals surface area contributed by atoms with Crippen LogP contribution < -0.4 is 15.0 Å². The van der Waals surface area contributed by atoms with Crippen LogP contribution in [0, 0.1) is 42.4 Å². The fourth-order valence-corrected chi connectivity index (χ4v) is 9.61. The number of piperidine rings is 2. The molecule has 1 unspecified atom stereocenters. The van der Waals surface area contributed by atoms with E-state index >= 15 is 0 Å². The Hall–Kier alpha value is -6.29. The quantitative estimate of drug-likeness (QED) is 0.0996. The molecule has 14 heteroatoms. The van der Waals surface area contributed by atoms with E-state index < -0.39 is 17.9 Å². The first-order valence-electron chi connectivity index (χ1n) is 22.8. The molecule has 5 heterocycles. The number of hydrogen-bond acceptors (Lipinski definition) is 11. The first-order valence-corrected chi connectivity index (χ1v) is 22.8. The molecule has 338 valence electrons. The number of rotatable bonds is 17. The molecule has 3 saturated heterocycles. The van der Waals surface area contributed by atoms with Crippen LogP contribution in [-0.2, 0) is 20.8 Å². The number of carbonyl (C=O) groups is 3. The van der Waals surface area contributed by atoms with Gasteiger partial charge in [-0.15, -0.1) is 0 Å². The molecule has 0 bridgehead atoms. The summed E-state index contributed by atoms with van der Waals surface area (Å²) in [4.78, 5) is 47.6. The summed E-state index contributed by atoms with van der Waals surface area (Å²) in [6.07, 6.45) is 3.28. The van der Waals surface area contributed by atoms with Crippen molar-refractivity contribution in [2.75, 3.05) is 90.3 Å². The largest absolute Gasteiger partial charge is 0.491 e. The van der Waals surface area contributed by atoms with Gasteiger partial charge in [-0.3, -0.25) is 24.2 Å². The fourth-order valence-electron chi connectivity index (χ4n) is 9.61. The molecule has 8 rings (SSSR count). The number of fused-ring (bicyclic) bond motifs is 1. The predicted octanol–water partition coefficient (Wildman–Crippen LogP) is 5.90. The van der Waals surface area contributed by atoms with E-state index in [2.05, 4.69) is 43.3 Å². The Balaban J connectivity index is 0.668. The molecule has 3 amide bonds. The minimum absolute atomic E-state index is 0.351. The Morgan fingerprint density at radius 2 is 1.43 bits per heavy atom. The molecular weight excluding hydrogens is 821 g/mol. The van der Waals surface area contributed by atoms with E-state index in [9.17, 15) is 24.9 Å². The van der Waals surface area contributed by atoms with Crippen molar-refractivity contribution < 1.29 is 28.6 Å². The Morgan fingerprint density at radius 3 is 2.12 bits per heavy atom. The summed E-state index contributed by atoms with van der Waals surface area (Å²) >= 11 is 0. The molecule has 0 saturated carbocycles. The second-order valence-corrected chi connectivity index (χ2v) is 17.5. The van der Waals surface area contributed by atoms with Crippen molar-refractivity contribution >= 4 is 23.4 Å². The summed E-state index contributed by atoms with van der Waals surface area (Å²) in [5, 5.41) is 21.9. The molecule has 65 heavy (non-hydrogen) atoms. The summed E-state index contributed by atoms with van der Waals surface area (Å²) in [5.74, 6) is 0.299. The Bertz CT molecular complexity index is 2470. The Morgan fingerprint density at radius 1 is 0.738 bits per heavy atom. The Labute approximate surface area is 381 Å². The molecular formula is C51H58N8O6. The van der Waals surface area contributed by atoms with Gasteiger partial charge in [0.15, 0.2) is 0 Å². The van der Waals surface area contributed by atoms with Crippen LogP contribution in [0.1, 0.15) is 74.5 Å². The van der Waals surface area contributed by atoms with Gasteiger partial charge in [0.05, 0.1) is 54.8 Å². The van der Waals surface area contributed by atoms with Gasteiger partial charge in [-0.2, -0.15) is 10.5 Å². The maximum atomic E-state index is 13.4. The molecule has 4 aliphatic rings. The lowest BCUT2D eigenvalue weighted by Crippen LogP contribution is -2.51. The van der Waals surface area contributed by atoms with Crippen molar-refractivity contribution in [3.63, 3.8) is 0 Å². The van der Waals surface area contributed by atoms with Crippen LogP contribution in [0.25, 0.3) is 11.1 Å². The van der Waals surface area contributed by atoms with Crippen molar-refractivity contribution in [2.45, 2.75) is 52.1 Å². The number of nitrogens with one attached hydrogen (secondary N) is 1. The number of amides is 3. The molecule has 1 N–H and O–H groups in total. The normalized spacial score (nSPS) is 18.4. The van der Waals surface area contributed by atoms with Crippen LogP contribution >= 0.6 is 0 Å². The number of nitrogens with zero attached hydrogens (tertiary/aromatic N) is 7. The van der Waals surface area contributed by atoms with Crippen LogP contribution in [0.5, 0.6) is 5.75 Å². The van der Waals surface area contributed by atoms with E-state index in [1.807, 2.05) is 62.4 Å². The SMILES string of the molecule is C=C1CCC(N2C(=O)c3ccc(N4CCN(CC5CCN(CCOCCOCCOc6ccc(Cn7c(C)c(C#N)c(-c8ccc(C#N)cc8)c7C)cc6)CC5)CC4)cc3C2=O)C(=O)N1. The number of aromatic nitrogens is 1. The number of piperazine rings is 1. The zero-order valence-corrected chi connectivity index (χ0v) is 37.5. The summed E-state index contributed by atoms with van der Waals surface area (Å²) in [7, 11) is 0. The number of nitriles is 2. The predicted molar refractivity (Wildman–Crippen MR) is 247 cm³/mol. The van der Waals surface area contributed by atoms with Gasteiger partial charge < -0.3 is 33.9 Å². The van der Waals surface area contributed by atoms with Gasteiger partial charge in [0.1, 0.15) is 24.5 Å². The van der Waals surface area contributed by atoms with Crippen molar-refractivity contribution in [1.29, 1.82) is 10.5 Å². The van der Waals surface area contributed by atoms with Crippen LogP contribution in [0.2, 0.25) is 0 Å². The topological polar surface area (TPSA) is 156 Å². The molecule has 1 aromatic heterocycles. The minimum Gasteiger partial charge on any atom is -0.491 e. The number of benzene rings is 3. The van der Waals surface area contributed by atoms with Crippen molar-refractivity contribution in [3.05, 3.63) is 118 Å². The third-order valence-corrected chi connectivity index (χ3v) is 13.4. The summed E-state index contributed by atoms with van der Waals surface area (Å²) < 4.78 is 19.7. The molecule has 0 aliphatic carbocycles. The maximum absolute atomic E-state index is 13.4. The van der Waals surface area contributed by atoms with Crippen LogP contribution in [0.3, 0.4) is 0 Å². The van der Waals surface area contributed by atoms with E-state index in [1.165, 1.54) is 12.8 Å². The lowest BCUT2D eigenvalue weighted by molar-refractivity contribution is -0.125. The van der Waals surface area contributed by atoms with E-state index in [0.717, 1.165) is 96.8 Å². The van der Waals surface area contributed by atoms with Gasteiger partial charge in [0.25, 0.3) is 11.8 Å². The number of hydrogen-bond donors (Lipinski definition) is 1. The lowest BCUT2D eigenvalue weighted by Gasteiger charge is -2.39. The smallest absolute Gasteiger partial charge is 0.262 e. The minimum atomic E-state index is -0.805. The molecule has 3 fully saturated rings. The zero-order valence-electron chi connectivity index (χ0n) is 37.5. The third kappa shape index (κ3) is 10.3. The average Bonchev–Trinajstić information content (AvgIpc) is 3.71. The summed E-state index contributed by atoms with van der Waals surface area (Å²) in [6.45, 7) is 18.9. The Kier molecular flexibility index (Phi) is 14.4. The van der Waals surface area contributed by atoms with E-state index in [0.29, 0.717) is 86.3 Å². The number of imide groups is 1. The van der Waals surface area contributed by atoms with Gasteiger partial charge in [-0.05, 0) is 112 Å². The van der Waals surface area contributed by atoms with Gasteiger partial charge in [-0.1, -0.05) is 30.8 Å². The molecule has 4 aromatic rings. The standard InChI is InChI=1S/C51H58N8O6/c1-35-4-15-47(49(60)54-35)59-50(61)44-14-11-42(30-45(44)51(59)62)57-22-20-56(21-23-57)33-40-16-18-55(19-17-40)24-25-63-26-27-64-28-29-65-43-12-7-39(8-13-43)34-58-36(2)46(32-53)48(37(58)3)41-9-5-38(31-52)6-10-41/h5-14,30,40,47H,1,4,15-29,33-34H2,2-3H3,(H,54,60). The fraction of sp³-hybridized carbons (Fsp3) is 0.431. The van der Waals surface area contributed by atoms with Crippen LogP contribution in [0.15, 0.2) is 79.0 Å². The van der Waals surface area contributed by atoms with Gasteiger partial charge in [0, 0.05) is 74.1 Å². The third-order valence-electron chi connectivity index (χ3n) is 13.4.